The van der Waals surface area contributed by atoms with E-state index in [2.05, 4.69) is 20.0 Å². The van der Waals surface area contributed by atoms with E-state index in [-0.39, 0.29) is 30.1 Å². The van der Waals surface area contributed by atoms with Crippen molar-refractivity contribution >= 4 is 22.6 Å². The second-order valence-corrected chi connectivity index (χ2v) is 7.63. The molecule has 3 N–H and O–H groups in total. The van der Waals surface area contributed by atoms with E-state index in [1.807, 2.05) is 0 Å². The number of halogens is 2. The maximum absolute atomic E-state index is 13.4. The van der Waals surface area contributed by atoms with Gasteiger partial charge >= 0.3 is 6.61 Å². The maximum Gasteiger partial charge on any atom is 0.388 e. The number of ether oxygens (including phenoxy) is 3. The SMILES string of the molecule is Nc1nc2cnc(C(=O)N3CCOCC3C3=CC=C(OC(F)F)NC3)cc2c2c1COC2. The van der Waals surface area contributed by atoms with E-state index in [4.69, 9.17) is 15.2 Å². The van der Waals surface area contributed by atoms with Crippen LogP contribution in [0.2, 0.25) is 0 Å². The summed E-state index contributed by atoms with van der Waals surface area (Å²) in [5.74, 6) is 0.153. The average molecular weight is 445 g/mol. The topological polar surface area (TPSA) is 112 Å². The van der Waals surface area contributed by atoms with E-state index < -0.39 is 6.61 Å². The summed E-state index contributed by atoms with van der Waals surface area (Å²) < 4.78 is 40.3. The van der Waals surface area contributed by atoms with Gasteiger partial charge in [-0.15, -0.1) is 0 Å². The van der Waals surface area contributed by atoms with Gasteiger partial charge in [0.05, 0.1) is 44.2 Å². The Bertz CT molecular complexity index is 1140. The molecule has 168 valence electrons. The number of nitrogen functional groups attached to an aromatic ring is 1. The Morgan fingerprint density at radius 1 is 1.28 bits per heavy atom. The highest BCUT2D eigenvalue weighted by atomic mass is 19.3. The molecule has 1 amide bonds. The highest BCUT2D eigenvalue weighted by Crippen LogP contribution is 2.31. The summed E-state index contributed by atoms with van der Waals surface area (Å²) in [6.07, 6.45) is 4.65. The van der Waals surface area contributed by atoms with Gasteiger partial charge in [0.1, 0.15) is 11.5 Å². The molecule has 5 heterocycles. The molecule has 0 aromatic carbocycles. The molecule has 11 heteroatoms. The predicted molar refractivity (Wildman–Crippen MR) is 109 cm³/mol. The van der Waals surface area contributed by atoms with Gasteiger partial charge in [-0.1, -0.05) is 6.08 Å². The lowest BCUT2D eigenvalue weighted by atomic mass is 10.0. The number of nitrogens with zero attached hydrogens (tertiary/aromatic N) is 3. The number of carbonyl (C=O) groups excluding carboxylic acids is 1. The lowest BCUT2D eigenvalue weighted by molar-refractivity contribution is -0.101. The highest BCUT2D eigenvalue weighted by molar-refractivity contribution is 5.97. The van der Waals surface area contributed by atoms with Crippen molar-refractivity contribution in [3.8, 4) is 0 Å². The maximum atomic E-state index is 13.4. The van der Waals surface area contributed by atoms with Crippen molar-refractivity contribution in [3.63, 3.8) is 0 Å². The van der Waals surface area contributed by atoms with E-state index in [0.29, 0.717) is 44.3 Å². The monoisotopic (exact) mass is 445 g/mol. The third-order valence-electron chi connectivity index (χ3n) is 5.78. The Morgan fingerprint density at radius 2 is 2.12 bits per heavy atom. The largest absolute Gasteiger partial charge is 0.419 e. The van der Waals surface area contributed by atoms with Crippen LogP contribution < -0.4 is 11.1 Å². The molecule has 5 rings (SSSR count). The van der Waals surface area contributed by atoms with Crippen LogP contribution >= 0.6 is 0 Å². The number of dihydropyridines is 1. The van der Waals surface area contributed by atoms with Gasteiger partial charge in [-0.25, -0.2) is 9.97 Å². The van der Waals surface area contributed by atoms with Crippen LogP contribution in [0, 0.1) is 0 Å². The second-order valence-electron chi connectivity index (χ2n) is 7.63. The van der Waals surface area contributed by atoms with Gasteiger partial charge in [-0.05, 0) is 23.3 Å². The standard InChI is InChI=1S/C21H21F2N5O4/c22-21(23)32-18-2-1-11(6-26-18)17-10-30-4-3-28(17)20(29)15-5-12-13-8-31-9-14(13)19(24)27-16(12)7-25-15/h1-2,5,7,17,21,26H,3-4,6,8-10H2,(H2,24,27). The van der Waals surface area contributed by atoms with E-state index in [0.717, 1.165) is 22.1 Å². The van der Waals surface area contributed by atoms with Crippen LogP contribution in [0.5, 0.6) is 0 Å². The van der Waals surface area contributed by atoms with Crippen molar-refractivity contribution in [3.05, 3.63) is 52.7 Å². The van der Waals surface area contributed by atoms with Gasteiger partial charge in [0.25, 0.3) is 5.91 Å². The number of fused-ring (bicyclic) bond motifs is 3. The van der Waals surface area contributed by atoms with Crippen LogP contribution in [0.15, 0.2) is 35.9 Å². The summed E-state index contributed by atoms with van der Waals surface area (Å²) in [6, 6.07) is 1.37. The van der Waals surface area contributed by atoms with Gasteiger partial charge < -0.3 is 30.2 Å². The molecule has 1 unspecified atom stereocenters. The Labute approximate surface area is 181 Å². The van der Waals surface area contributed by atoms with Crippen molar-refractivity contribution in [1.82, 2.24) is 20.2 Å². The number of hydrogen-bond donors (Lipinski definition) is 2. The van der Waals surface area contributed by atoms with Crippen molar-refractivity contribution in [2.24, 2.45) is 0 Å². The zero-order chi connectivity index (χ0) is 22.2. The second kappa shape index (κ2) is 8.32. The molecule has 1 atom stereocenters. The zero-order valence-corrected chi connectivity index (χ0v) is 17.0. The fraction of sp³-hybridized carbons (Fsp3) is 0.381. The van der Waals surface area contributed by atoms with Crippen LogP contribution in [0.25, 0.3) is 10.9 Å². The fourth-order valence-corrected chi connectivity index (χ4v) is 4.19. The van der Waals surface area contributed by atoms with Crippen molar-refractivity contribution in [2.75, 3.05) is 32.0 Å². The van der Waals surface area contributed by atoms with Crippen LogP contribution in [-0.4, -0.2) is 59.7 Å². The molecule has 0 bridgehead atoms. The fourth-order valence-electron chi connectivity index (χ4n) is 4.19. The molecule has 1 saturated heterocycles. The minimum absolute atomic E-state index is 0.0163. The zero-order valence-electron chi connectivity index (χ0n) is 17.0. The number of pyridine rings is 2. The molecule has 32 heavy (non-hydrogen) atoms. The molecule has 3 aliphatic rings. The van der Waals surface area contributed by atoms with E-state index in [1.54, 1.807) is 23.2 Å². The van der Waals surface area contributed by atoms with Gasteiger partial charge in [-0.3, -0.25) is 4.79 Å². The normalized spacial score (nSPS) is 20.6. The highest BCUT2D eigenvalue weighted by Gasteiger charge is 2.32. The number of rotatable bonds is 4. The first kappa shape index (κ1) is 20.6. The minimum Gasteiger partial charge on any atom is -0.419 e. The molecule has 0 saturated carbocycles. The van der Waals surface area contributed by atoms with Crippen LogP contribution in [0.1, 0.15) is 21.6 Å². The van der Waals surface area contributed by atoms with Gasteiger partial charge in [0.2, 0.25) is 0 Å². The van der Waals surface area contributed by atoms with Crippen molar-refractivity contribution in [1.29, 1.82) is 0 Å². The van der Waals surface area contributed by atoms with Crippen LogP contribution in [0.3, 0.4) is 0 Å². The molecule has 0 spiro atoms. The Morgan fingerprint density at radius 3 is 2.91 bits per heavy atom. The molecule has 2 aromatic rings. The first-order valence-corrected chi connectivity index (χ1v) is 10.1. The van der Waals surface area contributed by atoms with E-state index in [1.165, 1.54) is 6.08 Å². The number of hydrogen-bond acceptors (Lipinski definition) is 8. The number of allylic oxidation sites excluding steroid dienone is 2. The predicted octanol–water partition coefficient (Wildman–Crippen LogP) is 1.69. The first-order chi connectivity index (χ1) is 15.5. The van der Waals surface area contributed by atoms with E-state index >= 15 is 0 Å². The molecule has 9 nitrogen and oxygen atoms in total. The molecular formula is C21H21F2N5O4. The quantitative estimate of drug-likeness (QED) is 0.732. The van der Waals surface area contributed by atoms with Gasteiger partial charge in [0.15, 0.2) is 5.88 Å². The van der Waals surface area contributed by atoms with Gasteiger partial charge in [-0.2, -0.15) is 8.78 Å². The number of nitrogens with one attached hydrogen (secondary N) is 1. The summed E-state index contributed by atoms with van der Waals surface area (Å²) >= 11 is 0. The van der Waals surface area contributed by atoms with Crippen molar-refractivity contribution in [2.45, 2.75) is 25.9 Å². The smallest absolute Gasteiger partial charge is 0.388 e. The Hall–Kier alpha value is -3.31. The van der Waals surface area contributed by atoms with Crippen molar-refractivity contribution < 1.29 is 27.8 Å². The number of carbonyl (C=O) groups is 1. The number of anilines is 1. The third kappa shape index (κ3) is 3.73. The molecule has 3 aliphatic heterocycles. The Kier molecular flexibility index (Phi) is 5.35. The molecule has 0 aliphatic carbocycles. The molecular weight excluding hydrogens is 424 g/mol. The summed E-state index contributed by atoms with van der Waals surface area (Å²) in [5.41, 5.74) is 9.51. The number of alkyl halides is 2. The average Bonchev–Trinajstić information content (AvgIpc) is 3.30. The molecule has 1 fully saturated rings. The van der Waals surface area contributed by atoms with Crippen LogP contribution in [0.4, 0.5) is 14.6 Å². The minimum atomic E-state index is -2.91. The van der Waals surface area contributed by atoms with Crippen LogP contribution in [-0.2, 0) is 27.4 Å². The lowest BCUT2D eigenvalue weighted by Gasteiger charge is -2.37. The van der Waals surface area contributed by atoms with Gasteiger partial charge in [0, 0.05) is 24.0 Å². The summed E-state index contributed by atoms with van der Waals surface area (Å²) in [6.45, 7) is -0.769. The number of nitrogens with two attached hydrogens (primary N) is 1. The number of aromatic nitrogens is 2. The lowest BCUT2D eigenvalue weighted by Crippen LogP contribution is -2.51. The Balaban J connectivity index is 1.44. The van der Waals surface area contributed by atoms with E-state index in [9.17, 15) is 13.6 Å². The number of morpholine rings is 1. The molecule has 2 aromatic heterocycles. The first-order valence-electron chi connectivity index (χ1n) is 10.1. The summed E-state index contributed by atoms with van der Waals surface area (Å²) in [5, 5.41) is 3.60. The summed E-state index contributed by atoms with van der Waals surface area (Å²) in [4.78, 5) is 23.8. The third-order valence-corrected chi connectivity index (χ3v) is 5.78. The number of amides is 1. The summed E-state index contributed by atoms with van der Waals surface area (Å²) in [7, 11) is 0. The molecule has 0 radical (unpaired) electrons.